The Morgan fingerprint density at radius 1 is 0.654 bits per heavy atom. The second kappa shape index (κ2) is 10.9. The molecule has 2 aromatic rings. The molecule has 0 unspecified atom stereocenters. The van der Waals surface area contributed by atoms with Crippen molar-refractivity contribution in [2.75, 3.05) is 13.2 Å². The third-order valence-electron chi connectivity index (χ3n) is 4.68. The molecule has 0 aliphatic rings. The molecule has 2 aromatic carbocycles. The Morgan fingerprint density at radius 3 is 1.35 bits per heavy atom. The quantitative estimate of drug-likeness (QED) is 0.412. The van der Waals surface area contributed by atoms with Crippen LogP contribution in [0.2, 0.25) is 0 Å². The van der Waals surface area contributed by atoms with Crippen molar-refractivity contribution in [1.29, 1.82) is 0 Å². The molecule has 0 bridgehead atoms. The molecule has 0 saturated heterocycles. The predicted octanol–water partition coefficient (Wildman–Crippen LogP) is 6.83. The molecule has 0 fully saturated rings. The molecule has 0 aliphatic heterocycles. The maximum Gasteiger partial charge on any atom is 0.119 e. The summed E-state index contributed by atoms with van der Waals surface area (Å²) >= 11 is 0. The smallest absolute Gasteiger partial charge is 0.119 e. The average molecular weight is 355 g/mol. The summed E-state index contributed by atoms with van der Waals surface area (Å²) in [5.41, 5.74) is 2.67. The molecule has 0 N–H and O–H groups in total. The van der Waals surface area contributed by atoms with Crippen molar-refractivity contribution in [3.05, 3.63) is 59.7 Å². The van der Waals surface area contributed by atoms with Gasteiger partial charge in [-0.2, -0.15) is 0 Å². The Morgan fingerprint density at radius 2 is 1.04 bits per heavy atom. The van der Waals surface area contributed by atoms with Gasteiger partial charge in [0.05, 0.1) is 13.2 Å². The molecule has 2 heteroatoms. The van der Waals surface area contributed by atoms with Crippen molar-refractivity contribution in [2.24, 2.45) is 5.92 Å². The first-order chi connectivity index (χ1) is 12.7. The van der Waals surface area contributed by atoms with Crippen LogP contribution in [0.4, 0.5) is 0 Å². The lowest BCUT2D eigenvalue weighted by atomic mass is 9.82. The molecule has 2 nitrogen and oxygen atoms in total. The van der Waals surface area contributed by atoms with Crippen LogP contribution in [-0.2, 0) is 0 Å². The molecule has 0 aromatic heterocycles. The lowest BCUT2D eigenvalue weighted by Gasteiger charge is -2.22. The highest BCUT2D eigenvalue weighted by Crippen LogP contribution is 2.33. The van der Waals surface area contributed by atoms with Gasteiger partial charge in [0.25, 0.3) is 0 Å². The summed E-state index contributed by atoms with van der Waals surface area (Å²) < 4.78 is 11.6. The minimum atomic E-state index is 0.379. The van der Waals surface area contributed by atoms with Gasteiger partial charge in [0, 0.05) is 5.92 Å². The maximum atomic E-state index is 5.79. The van der Waals surface area contributed by atoms with Gasteiger partial charge in [0.1, 0.15) is 11.5 Å². The highest BCUT2D eigenvalue weighted by Gasteiger charge is 2.18. The summed E-state index contributed by atoms with van der Waals surface area (Å²) in [6, 6.07) is 17.2. The summed E-state index contributed by atoms with van der Waals surface area (Å²) in [6.45, 7) is 10.5. The Balaban J connectivity index is 2.08. The Bertz CT molecular complexity index is 560. The molecule has 0 atom stereocenters. The van der Waals surface area contributed by atoms with E-state index in [9.17, 15) is 0 Å². The summed E-state index contributed by atoms with van der Waals surface area (Å²) in [5, 5.41) is 0. The monoisotopic (exact) mass is 354 g/mol. The molecule has 142 valence electrons. The van der Waals surface area contributed by atoms with E-state index in [0.717, 1.165) is 50.4 Å². The average Bonchev–Trinajstić information content (AvgIpc) is 2.65. The summed E-state index contributed by atoms with van der Waals surface area (Å²) in [5.74, 6) is 2.83. The second-order valence-corrected chi connectivity index (χ2v) is 7.26. The molecule has 0 aliphatic carbocycles. The number of rotatable bonds is 11. The predicted molar refractivity (Wildman–Crippen MR) is 110 cm³/mol. The van der Waals surface area contributed by atoms with E-state index in [2.05, 4.69) is 76.2 Å². The van der Waals surface area contributed by atoms with Gasteiger partial charge in [0.15, 0.2) is 0 Å². The van der Waals surface area contributed by atoms with E-state index < -0.39 is 0 Å². The molecule has 26 heavy (non-hydrogen) atoms. The molecule has 0 radical (unpaired) electrons. The van der Waals surface area contributed by atoms with Crippen molar-refractivity contribution in [3.63, 3.8) is 0 Å². The Kier molecular flexibility index (Phi) is 8.53. The molecule has 2 rings (SSSR count). The molecule has 0 amide bonds. The van der Waals surface area contributed by atoms with E-state index in [4.69, 9.17) is 9.47 Å². The molecular formula is C24H34O2. The third-order valence-corrected chi connectivity index (χ3v) is 4.68. The van der Waals surface area contributed by atoms with Crippen LogP contribution in [0.25, 0.3) is 0 Å². The van der Waals surface area contributed by atoms with E-state index in [-0.39, 0.29) is 0 Å². The fraction of sp³-hybridized carbons (Fsp3) is 0.500. The number of benzene rings is 2. The molecule has 0 heterocycles. The van der Waals surface area contributed by atoms with Gasteiger partial charge < -0.3 is 9.47 Å². The van der Waals surface area contributed by atoms with Gasteiger partial charge in [-0.3, -0.25) is 0 Å². The van der Waals surface area contributed by atoms with Crippen molar-refractivity contribution in [2.45, 2.75) is 59.3 Å². The van der Waals surface area contributed by atoms with Crippen molar-refractivity contribution in [3.8, 4) is 11.5 Å². The van der Waals surface area contributed by atoms with E-state index >= 15 is 0 Å². The van der Waals surface area contributed by atoms with Gasteiger partial charge in [-0.05, 0) is 54.2 Å². The molecule has 0 spiro atoms. The number of unbranched alkanes of at least 4 members (excludes halogenated alkanes) is 2. The normalized spacial score (nSPS) is 11.2. The lowest BCUT2D eigenvalue weighted by Crippen LogP contribution is -2.09. The molecule has 0 saturated carbocycles. The fourth-order valence-corrected chi connectivity index (χ4v) is 3.17. The largest absolute Gasteiger partial charge is 0.494 e. The van der Waals surface area contributed by atoms with E-state index in [1.165, 1.54) is 11.1 Å². The van der Waals surface area contributed by atoms with Gasteiger partial charge >= 0.3 is 0 Å². The van der Waals surface area contributed by atoms with E-state index in [0.29, 0.717) is 11.8 Å². The summed E-state index contributed by atoms with van der Waals surface area (Å²) in [7, 11) is 0. The van der Waals surface area contributed by atoms with Gasteiger partial charge in [0.2, 0.25) is 0 Å². The first-order valence-corrected chi connectivity index (χ1v) is 10.1. The SMILES string of the molecule is CCCCOc1ccc(C(c2ccc(OCCCC)cc2)C(C)C)cc1. The second-order valence-electron chi connectivity index (χ2n) is 7.26. The summed E-state index contributed by atoms with van der Waals surface area (Å²) in [6.07, 6.45) is 4.52. The lowest BCUT2D eigenvalue weighted by molar-refractivity contribution is 0.309. The van der Waals surface area contributed by atoms with Crippen molar-refractivity contribution >= 4 is 0 Å². The third kappa shape index (κ3) is 6.09. The van der Waals surface area contributed by atoms with Crippen LogP contribution < -0.4 is 9.47 Å². The number of hydrogen-bond donors (Lipinski definition) is 0. The van der Waals surface area contributed by atoms with E-state index in [1.807, 2.05) is 0 Å². The van der Waals surface area contributed by atoms with Gasteiger partial charge in [-0.15, -0.1) is 0 Å². The minimum Gasteiger partial charge on any atom is -0.494 e. The Hall–Kier alpha value is -1.96. The zero-order chi connectivity index (χ0) is 18.8. The number of hydrogen-bond acceptors (Lipinski definition) is 2. The topological polar surface area (TPSA) is 18.5 Å². The maximum absolute atomic E-state index is 5.79. The van der Waals surface area contributed by atoms with Crippen LogP contribution in [0.5, 0.6) is 11.5 Å². The van der Waals surface area contributed by atoms with Crippen LogP contribution in [0.3, 0.4) is 0 Å². The zero-order valence-corrected chi connectivity index (χ0v) is 16.8. The zero-order valence-electron chi connectivity index (χ0n) is 16.8. The van der Waals surface area contributed by atoms with Crippen LogP contribution in [0, 0.1) is 5.92 Å². The first kappa shape index (κ1) is 20.4. The van der Waals surface area contributed by atoms with Gasteiger partial charge in [-0.1, -0.05) is 64.8 Å². The highest BCUT2D eigenvalue weighted by molar-refractivity contribution is 5.38. The van der Waals surface area contributed by atoms with Gasteiger partial charge in [-0.25, -0.2) is 0 Å². The fourth-order valence-electron chi connectivity index (χ4n) is 3.17. The van der Waals surface area contributed by atoms with Crippen LogP contribution in [0.15, 0.2) is 48.5 Å². The van der Waals surface area contributed by atoms with Crippen molar-refractivity contribution < 1.29 is 9.47 Å². The first-order valence-electron chi connectivity index (χ1n) is 10.1. The number of ether oxygens (including phenoxy) is 2. The van der Waals surface area contributed by atoms with E-state index in [1.54, 1.807) is 0 Å². The highest BCUT2D eigenvalue weighted by atomic mass is 16.5. The van der Waals surface area contributed by atoms with Crippen molar-refractivity contribution in [1.82, 2.24) is 0 Å². The Labute approximate surface area is 159 Å². The molecular weight excluding hydrogens is 320 g/mol. The van der Waals surface area contributed by atoms with Crippen LogP contribution >= 0.6 is 0 Å². The minimum absolute atomic E-state index is 0.379. The summed E-state index contributed by atoms with van der Waals surface area (Å²) in [4.78, 5) is 0. The van der Waals surface area contributed by atoms with Crippen LogP contribution in [-0.4, -0.2) is 13.2 Å². The van der Waals surface area contributed by atoms with Crippen LogP contribution in [0.1, 0.15) is 70.4 Å². The standard InChI is InChI=1S/C24H34O2/c1-5-7-17-25-22-13-9-20(10-14-22)24(19(3)4)21-11-15-23(16-12-21)26-18-8-6-2/h9-16,19,24H,5-8,17-18H2,1-4H3.